The quantitative estimate of drug-likeness (QED) is 0.315. The second-order valence-corrected chi connectivity index (χ2v) is 8.94. The van der Waals surface area contributed by atoms with Crippen LogP contribution >= 0.6 is 0 Å². The molecule has 0 saturated carbocycles. The predicted molar refractivity (Wildman–Crippen MR) is 75.3 cm³/mol. The van der Waals surface area contributed by atoms with Crippen LogP contribution in [0.2, 0.25) is 12.6 Å². The standard InChI is InChI=1S/C12H19F8NO4Si/c1-23-26(3,24-2)6-4-5-21-9(22)25-7-10(15,16)12(19,20)11(17,18)8(13)14/h8H,4-7H2,1-3H3,(H,21,22). The van der Waals surface area contributed by atoms with Gasteiger partial charge in [-0.25, -0.2) is 13.6 Å². The Morgan fingerprint density at radius 1 is 1.08 bits per heavy atom. The first-order chi connectivity index (χ1) is 11.7. The number of halogens is 8. The Kier molecular flexibility index (Phi) is 8.76. The summed E-state index contributed by atoms with van der Waals surface area (Å²) in [6.45, 7) is -0.933. The van der Waals surface area contributed by atoms with Gasteiger partial charge in [0.25, 0.3) is 0 Å². The summed E-state index contributed by atoms with van der Waals surface area (Å²) in [4.78, 5) is 11.2. The summed E-state index contributed by atoms with van der Waals surface area (Å²) in [5.41, 5.74) is 0. The topological polar surface area (TPSA) is 56.8 Å². The first-order valence-corrected chi connectivity index (χ1v) is 9.61. The average molecular weight is 421 g/mol. The predicted octanol–water partition coefficient (Wildman–Crippen LogP) is 3.64. The zero-order chi connectivity index (χ0) is 20.8. The van der Waals surface area contributed by atoms with Gasteiger partial charge >= 0.3 is 38.8 Å². The van der Waals surface area contributed by atoms with Gasteiger partial charge < -0.3 is 18.9 Å². The van der Waals surface area contributed by atoms with Gasteiger partial charge in [-0.1, -0.05) is 0 Å². The van der Waals surface area contributed by atoms with Crippen LogP contribution in [0.5, 0.6) is 0 Å². The molecule has 0 aromatic rings. The highest BCUT2D eigenvalue weighted by Crippen LogP contribution is 2.48. The van der Waals surface area contributed by atoms with E-state index in [1.807, 2.05) is 5.32 Å². The maximum absolute atomic E-state index is 13.2. The number of carbonyl (C=O) groups excluding carboxylic acids is 1. The summed E-state index contributed by atoms with van der Waals surface area (Å²) in [5.74, 6) is -18.4. The average Bonchev–Trinajstić information content (AvgIpc) is 2.56. The molecule has 0 radical (unpaired) electrons. The first kappa shape index (κ1) is 24.8. The third kappa shape index (κ3) is 5.94. The lowest BCUT2D eigenvalue weighted by Crippen LogP contribution is -2.59. The number of hydrogen-bond donors (Lipinski definition) is 1. The Labute approximate surface area is 145 Å². The Hall–Kier alpha value is -1.15. The molecule has 0 spiro atoms. The van der Waals surface area contributed by atoms with Gasteiger partial charge in [-0.05, 0) is 19.0 Å². The van der Waals surface area contributed by atoms with Crippen LogP contribution in [0.3, 0.4) is 0 Å². The third-order valence-electron chi connectivity index (χ3n) is 3.48. The van der Waals surface area contributed by atoms with Crippen LogP contribution in [-0.2, 0) is 13.6 Å². The van der Waals surface area contributed by atoms with Crippen LogP contribution < -0.4 is 5.32 Å². The maximum Gasteiger partial charge on any atom is 0.407 e. The molecule has 1 N–H and O–H groups in total. The molecule has 0 bridgehead atoms. The van der Waals surface area contributed by atoms with Gasteiger partial charge in [0.2, 0.25) is 0 Å². The number of nitrogens with one attached hydrogen (secondary N) is 1. The Balaban J connectivity index is 4.53. The van der Waals surface area contributed by atoms with Crippen LogP contribution in [0, 0.1) is 0 Å². The molecular formula is C12H19F8NO4Si. The molecule has 0 aliphatic heterocycles. The van der Waals surface area contributed by atoms with E-state index < -0.39 is 45.5 Å². The van der Waals surface area contributed by atoms with Gasteiger partial charge in [0, 0.05) is 20.8 Å². The minimum Gasteiger partial charge on any atom is -0.443 e. The summed E-state index contributed by atoms with van der Waals surface area (Å²) in [5, 5.41) is 1.93. The third-order valence-corrected chi connectivity index (χ3v) is 6.47. The zero-order valence-electron chi connectivity index (χ0n) is 14.1. The van der Waals surface area contributed by atoms with E-state index >= 15 is 0 Å². The fourth-order valence-electron chi connectivity index (χ4n) is 1.57. The number of rotatable bonds is 11. The van der Waals surface area contributed by atoms with Crippen LogP contribution in [0.25, 0.3) is 0 Å². The van der Waals surface area contributed by atoms with Crippen molar-refractivity contribution >= 4 is 14.7 Å². The maximum atomic E-state index is 13.2. The number of ether oxygens (including phenoxy) is 1. The van der Waals surface area contributed by atoms with Crippen molar-refractivity contribution in [3.8, 4) is 0 Å². The number of amides is 1. The SMILES string of the molecule is CO[Si](C)(CCCNC(=O)OCC(F)(F)C(F)(F)C(F)(F)C(F)F)OC. The van der Waals surface area contributed by atoms with Gasteiger partial charge in [-0.2, -0.15) is 26.3 Å². The molecule has 5 nitrogen and oxygen atoms in total. The molecule has 0 atom stereocenters. The van der Waals surface area contributed by atoms with Crippen molar-refractivity contribution in [2.45, 2.75) is 43.2 Å². The summed E-state index contributed by atoms with van der Waals surface area (Å²) in [6, 6.07) is 0.384. The number of alkyl halides is 8. The molecule has 0 fully saturated rings. The summed E-state index contributed by atoms with van der Waals surface area (Å²) in [7, 11) is 0.383. The first-order valence-electron chi connectivity index (χ1n) is 7.09. The van der Waals surface area contributed by atoms with Gasteiger partial charge in [-0.15, -0.1) is 0 Å². The molecule has 0 saturated heterocycles. The number of hydrogen-bond acceptors (Lipinski definition) is 4. The molecule has 0 aromatic carbocycles. The van der Waals surface area contributed by atoms with Crippen molar-refractivity contribution in [1.29, 1.82) is 0 Å². The summed E-state index contributed by atoms with van der Waals surface area (Å²) >= 11 is 0. The minimum absolute atomic E-state index is 0.136. The monoisotopic (exact) mass is 421 g/mol. The molecule has 0 aromatic heterocycles. The zero-order valence-corrected chi connectivity index (χ0v) is 15.1. The normalized spacial score (nSPS) is 13.8. The van der Waals surface area contributed by atoms with Crippen LogP contribution in [-0.4, -0.2) is 66.2 Å². The lowest BCUT2D eigenvalue weighted by molar-refractivity contribution is -0.343. The smallest absolute Gasteiger partial charge is 0.407 e. The van der Waals surface area contributed by atoms with Crippen molar-refractivity contribution in [1.82, 2.24) is 5.32 Å². The highest BCUT2D eigenvalue weighted by atomic mass is 28.4. The fourth-order valence-corrected chi connectivity index (χ4v) is 2.96. The fraction of sp³-hybridized carbons (Fsp3) is 0.917. The van der Waals surface area contributed by atoms with E-state index in [0.29, 0.717) is 6.04 Å². The second-order valence-electron chi connectivity index (χ2n) is 5.35. The van der Waals surface area contributed by atoms with Gasteiger partial charge in [0.05, 0.1) is 0 Å². The van der Waals surface area contributed by atoms with Crippen LogP contribution in [0.15, 0.2) is 0 Å². The Bertz CT molecular complexity index is 463. The van der Waals surface area contributed by atoms with Gasteiger partial charge in [0.1, 0.15) is 0 Å². The summed E-state index contributed by atoms with van der Waals surface area (Å²) < 4.78 is 115. The van der Waals surface area contributed by atoms with Crippen LogP contribution in [0.1, 0.15) is 6.42 Å². The number of alkyl carbamates (subject to hydrolysis) is 1. The van der Waals surface area contributed by atoms with E-state index in [1.165, 1.54) is 14.2 Å². The summed E-state index contributed by atoms with van der Waals surface area (Å²) in [6.07, 6.45) is -6.37. The van der Waals surface area contributed by atoms with Crippen molar-refractivity contribution in [2.24, 2.45) is 0 Å². The lowest BCUT2D eigenvalue weighted by Gasteiger charge is -2.31. The Morgan fingerprint density at radius 2 is 1.58 bits per heavy atom. The molecule has 1 amide bonds. The molecule has 0 heterocycles. The molecule has 0 rings (SSSR count). The van der Waals surface area contributed by atoms with Crippen molar-refractivity contribution < 1.29 is 53.5 Å². The van der Waals surface area contributed by atoms with Crippen molar-refractivity contribution in [3.63, 3.8) is 0 Å². The molecule has 0 aliphatic rings. The molecule has 0 aliphatic carbocycles. The minimum atomic E-state index is -6.42. The van der Waals surface area contributed by atoms with Crippen molar-refractivity contribution in [3.05, 3.63) is 0 Å². The highest BCUT2D eigenvalue weighted by Gasteiger charge is 2.75. The van der Waals surface area contributed by atoms with Crippen LogP contribution in [0.4, 0.5) is 39.9 Å². The largest absolute Gasteiger partial charge is 0.443 e. The van der Waals surface area contributed by atoms with Crippen molar-refractivity contribution in [2.75, 3.05) is 27.4 Å². The lowest BCUT2D eigenvalue weighted by atomic mass is 10.1. The molecule has 26 heavy (non-hydrogen) atoms. The Morgan fingerprint density at radius 3 is 2.00 bits per heavy atom. The molecule has 0 unspecified atom stereocenters. The van der Waals surface area contributed by atoms with E-state index in [2.05, 4.69) is 4.74 Å². The van der Waals surface area contributed by atoms with Gasteiger partial charge in [-0.3, -0.25) is 0 Å². The van der Waals surface area contributed by atoms with E-state index in [1.54, 1.807) is 6.55 Å². The van der Waals surface area contributed by atoms with E-state index in [0.717, 1.165) is 0 Å². The molecular weight excluding hydrogens is 402 g/mol. The van der Waals surface area contributed by atoms with E-state index in [9.17, 15) is 39.9 Å². The number of carbonyl (C=O) groups is 1. The van der Waals surface area contributed by atoms with E-state index in [-0.39, 0.29) is 13.0 Å². The molecule has 14 heteroatoms. The molecule has 156 valence electrons. The second kappa shape index (κ2) is 9.17. The highest BCUT2D eigenvalue weighted by molar-refractivity contribution is 6.65. The van der Waals surface area contributed by atoms with E-state index in [4.69, 9.17) is 8.85 Å². The van der Waals surface area contributed by atoms with Gasteiger partial charge in [0.15, 0.2) is 6.61 Å².